The van der Waals surface area contributed by atoms with Crippen LogP contribution < -0.4 is 0 Å². The maximum atomic E-state index is 2.33. The van der Waals surface area contributed by atoms with Crippen LogP contribution in [0.5, 0.6) is 0 Å². The minimum atomic E-state index is 1.19. The molecule has 1 aromatic rings. The van der Waals surface area contributed by atoms with Crippen molar-refractivity contribution in [1.82, 2.24) is 0 Å². The quantitative estimate of drug-likeness (QED) is 0.607. The molecule has 0 unspecified atom stereocenters. The largest absolute Gasteiger partial charge is 0.0763 e. The number of aryl methyl sites for hydroxylation is 1. The first-order valence-corrected chi connectivity index (χ1v) is 6.20. The topological polar surface area (TPSA) is 0 Å². The first-order valence-electron chi connectivity index (χ1n) is 6.20. The van der Waals surface area contributed by atoms with Gasteiger partial charge in [0.15, 0.2) is 0 Å². The number of rotatable bonds is 1. The maximum absolute atomic E-state index is 2.33. The molecule has 0 aromatic heterocycles. The molecule has 0 fully saturated rings. The van der Waals surface area contributed by atoms with Gasteiger partial charge >= 0.3 is 0 Å². The average Bonchev–Trinajstić information content (AvgIpc) is 2.32. The molecule has 0 N–H and O–H groups in total. The second-order valence-electron chi connectivity index (χ2n) is 4.05. The highest BCUT2D eigenvalue weighted by Crippen LogP contribution is 2.24. The molecule has 0 nitrogen and oxygen atoms in total. The van der Waals surface area contributed by atoms with Crippen LogP contribution >= 0.6 is 0 Å². The van der Waals surface area contributed by atoms with Gasteiger partial charge in [-0.2, -0.15) is 0 Å². The van der Waals surface area contributed by atoms with Crippen LogP contribution in [0.3, 0.4) is 0 Å². The van der Waals surface area contributed by atoms with E-state index >= 15 is 0 Å². The molecule has 0 heterocycles. The molecular formula is C16H22. The van der Waals surface area contributed by atoms with E-state index in [1.807, 2.05) is 13.8 Å². The van der Waals surface area contributed by atoms with Gasteiger partial charge in [-0.1, -0.05) is 61.4 Å². The van der Waals surface area contributed by atoms with E-state index in [9.17, 15) is 0 Å². The summed E-state index contributed by atoms with van der Waals surface area (Å²) >= 11 is 0. The van der Waals surface area contributed by atoms with Gasteiger partial charge in [0.05, 0.1) is 0 Å². The molecule has 0 saturated heterocycles. The molecule has 1 aliphatic carbocycles. The van der Waals surface area contributed by atoms with Gasteiger partial charge in [0.1, 0.15) is 0 Å². The Bertz CT molecular complexity index is 377. The zero-order valence-corrected chi connectivity index (χ0v) is 10.9. The first-order chi connectivity index (χ1) is 7.75. The number of allylic oxidation sites excluding steroid dienone is 4. The van der Waals surface area contributed by atoms with Crippen molar-refractivity contribution in [1.29, 1.82) is 0 Å². The normalized spacial score (nSPS) is 14.5. The standard InChI is InChI=1S/C14H16.C2H6/c1-11-6-8-13(9-7-11)14-5-3-4-12(2)10-14;1-2/h5-10H,3-4H2,1-2H3;1-2H3. The van der Waals surface area contributed by atoms with E-state index in [1.54, 1.807) is 0 Å². The van der Waals surface area contributed by atoms with Crippen molar-refractivity contribution in [3.05, 3.63) is 53.1 Å². The van der Waals surface area contributed by atoms with Crippen LogP contribution in [0.15, 0.2) is 42.0 Å². The van der Waals surface area contributed by atoms with Gasteiger partial charge in [0.2, 0.25) is 0 Å². The summed E-state index contributed by atoms with van der Waals surface area (Å²) in [5.41, 5.74) is 5.54. The molecule has 0 saturated carbocycles. The van der Waals surface area contributed by atoms with E-state index in [2.05, 4.69) is 50.3 Å². The zero-order valence-electron chi connectivity index (χ0n) is 10.9. The van der Waals surface area contributed by atoms with Crippen LogP contribution in [0.2, 0.25) is 0 Å². The molecule has 86 valence electrons. The lowest BCUT2D eigenvalue weighted by Crippen LogP contribution is -1.89. The zero-order chi connectivity index (χ0) is 12.0. The van der Waals surface area contributed by atoms with E-state index in [-0.39, 0.29) is 0 Å². The Morgan fingerprint density at radius 2 is 1.56 bits per heavy atom. The average molecular weight is 214 g/mol. The molecule has 0 bridgehead atoms. The number of benzene rings is 1. The van der Waals surface area contributed by atoms with Gasteiger partial charge in [-0.3, -0.25) is 0 Å². The molecule has 1 aliphatic rings. The minimum Gasteiger partial charge on any atom is -0.0763 e. The highest BCUT2D eigenvalue weighted by Gasteiger charge is 2.03. The third kappa shape index (κ3) is 3.37. The summed E-state index contributed by atoms with van der Waals surface area (Å²) in [6.07, 6.45) is 7.03. The van der Waals surface area contributed by atoms with Crippen LogP contribution in [-0.4, -0.2) is 0 Å². The second kappa shape index (κ2) is 6.32. The van der Waals surface area contributed by atoms with E-state index < -0.39 is 0 Å². The summed E-state index contributed by atoms with van der Waals surface area (Å²) in [5.74, 6) is 0. The van der Waals surface area contributed by atoms with E-state index in [1.165, 1.54) is 35.1 Å². The lowest BCUT2D eigenvalue weighted by atomic mass is 9.95. The SMILES string of the molecule is CC.CC1=CC(c2ccc(C)cc2)=CCC1. The Labute approximate surface area is 99.7 Å². The molecule has 0 aliphatic heterocycles. The van der Waals surface area contributed by atoms with Crippen molar-refractivity contribution in [2.45, 2.75) is 40.5 Å². The molecule has 0 radical (unpaired) electrons. The Hall–Kier alpha value is -1.30. The van der Waals surface area contributed by atoms with Crippen molar-refractivity contribution in [2.24, 2.45) is 0 Å². The highest BCUT2D eigenvalue weighted by molar-refractivity contribution is 5.75. The maximum Gasteiger partial charge on any atom is -0.0187 e. The highest BCUT2D eigenvalue weighted by atomic mass is 14.1. The molecule has 2 rings (SSSR count). The van der Waals surface area contributed by atoms with Crippen molar-refractivity contribution < 1.29 is 0 Å². The van der Waals surface area contributed by atoms with Gasteiger partial charge < -0.3 is 0 Å². The lowest BCUT2D eigenvalue weighted by molar-refractivity contribution is 0.966. The fraction of sp³-hybridized carbons (Fsp3) is 0.375. The van der Waals surface area contributed by atoms with E-state index in [0.717, 1.165) is 0 Å². The molecule has 0 amide bonds. The number of hydrogen-bond acceptors (Lipinski definition) is 0. The Balaban J connectivity index is 0.000000606. The lowest BCUT2D eigenvalue weighted by Gasteiger charge is -2.10. The fourth-order valence-electron chi connectivity index (χ4n) is 1.80. The third-order valence-electron chi connectivity index (χ3n) is 2.69. The Morgan fingerprint density at radius 3 is 2.12 bits per heavy atom. The van der Waals surface area contributed by atoms with Gasteiger partial charge in [0.25, 0.3) is 0 Å². The van der Waals surface area contributed by atoms with E-state index in [4.69, 9.17) is 0 Å². The predicted molar refractivity (Wildman–Crippen MR) is 73.5 cm³/mol. The van der Waals surface area contributed by atoms with Gasteiger partial charge in [-0.15, -0.1) is 0 Å². The first kappa shape index (κ1) is 12.8. The van der Waals surface area contributed by atoms with Gasteiger partial charge in [0, 0.05) is 0 Å². The molecule has 0 heteroatoms. The van der Waals surface area contributed by atoms with Gasteiger partial charge in [-0.05, 0) is 37.8 Å². The monoisotopic (exact) mass is 214 g/mol. The van der Waals surface area contributed by atoms with Crippen LogP contribution in [0, 0.1) is 6.92 Å². The molecular weight excluding hydrogens is 192 g/mol. The van der Waals surface area contributed by atoms with Crippen molar-refractivity contribution in [3.8, 4) is 0 Å². The smallest absolute Gasteiger partial charge is 0.0187 e. The summed E-state index contributed by atoms with van der Waals surface area (Å²) in [7, 11) is 0. The number of hydrogen-bond donors (Lipinski definition) is 0. The van der Waals surface area contributed by atoms with Crippen LogP contribution in [0.25, 0.3) is 5.57 Å². The third-order valence-corrected chi connectivity index (χ3v) is 2.69. The van der Waals surface area contributed by atoms with Gasteiger partial charge in [-0.25, -0.2) is 0 Å². The Kier molecular flexibility index (Phi) is 5.04. The van der Waals surface area contributed by atoms with E-state index in [0.29, 0.717) is 0 Å². The molecule has 0 atom stereocenters. The second-order valence-corrected chi connectivity index (χ2v) is 4.05. The van der Waals surface area contributed by atoms with Crippen LogP contribution in [0.4, 0.5) is 0 Å². The summed E-state index contributed by atoms with van der Waals surface area (Å²) in [6, 6.07) is 8.76. The summed E-state index contributed by atoms with van der Waals surface area (Å²) in [4.78, 5) is 0. The van der Waals surface area contributed by atoms with Crippen LogP contribution in [0.1, 0.15) is 44.7 Å². The molecule has 16 heavy (non-hydrogen) atoms. The Morgan fingerprint density at radius 1 is 0.938 bits per heavy atom. The fourth-order valence-corrected chi connectivity index (χ4v) is 1.80. The predicted octanol–water partition coefficient (Wildman–Crippen LogP) is 5.14. The van der Waals surface area contributed by atoms with Crippen molar-refractivity contribution >= 4 is 5.57 Å². The van der Waals surface area contributed by atoms with Crippen molar-refractivity contribution in [3.63, 3.8) is 0 Å². The molecule has 0 spiro atoms. The van der Waals surface area contributed by atoms with Crippen LogP contribution in [-0.2, 0) is 0 Å². The van der Waals surface area contributed by atoms with Crippen molar-refractivity contribution in [2.75, 3.05) is 0 Å². The minimum absolute atomic E-state index is 1.19. The summed E-state index contributed by atoms with van der Waals surface area (Å²) < 4.78 is 0. The molecule has 1 aromatic carbocycles. The summed E-state index contributed by atoms with van der Waals surface area (Å²) in [6.45, 7) is 8.33. The summed E-state index contributed by atoms with van der Waals surface area (Å²) in [5, 5.41) is 0.